The van der Waals surface area contributed by atoms with Crippen LogP contribution < -0.4 is 0 Å². The summed E-state index contributed by atoms with van der Waals surface area (Å²) in [5.74, 6) is -4.22. The Balaban J connectivity index is 3.53. The summed E-state index contributed by atoms with van der Waals surface area (Å²) < 4.78 is 4.72. The molecule has 17 heavy (non-hydrogen) atoms. The van der Waals surface area contributed by atoms with Gasteiger partial charge in [-0.05, 0) is 12.8 Å². The molecule has 0 aliphatic heterocycles. The monoisotopic (exact) mass is 246 g/mol. The number of ether oxygens (including phenoxy) is 1. The van der Waals surface area contributed by atoms with E-state index in [2.05, 4.69) is 0 Å². The maximum absolute atomic E-state index is 10.5. The molecule has 0 spiro atoms. The molecule has 0 rings (SSSR count). The molecule has 0 heterocycles. The minimum absolute atomic E-state index is 0.137. The number of hydrogen-bond acceptors (Lipinski definition) is 4. The highest BCUT2D eigenvalue weighted by Crippen LogP contribution is 2.11. The third-order valence-corrected chi connectivity index (χ3v) is 2.29. The SMILES string of the molecule is CC(=O)OCCCCCCC(C(=O)O)C(=O)O. The molecular weight excluding hydrogens is 228 g/mol. The number of carboxylic acids is 2. The Morgan fingerprint density at radius 3 is 2.00 bits per heavy atom. The first-order valence-electron chi connectivity index (χ1n) is 5.54. The highest BCUT2D eigenvalue weighted by Gasteiger charge is 2.24. The Kier molecular flexibility index (Phi) is 7.75. The van der Waals surface area contributed by atoms with Gasteiger partial charge in [0.05, 0.1) is 6.61 Å². The maximum Gasteiger partial charge on any atom is 0.317 e. The average molecular weight is 246 g/mol. The molecule has 0 saturated heterocycles. The van der Waals surface area contributed by atoms with Crippen molar-refractivity contribution in [2.75, 3.05) is 6.61 Å². The van der Waals surface area contributed by atoms with Crippen LogP contribution in [0, 0.1) is 5.92 Å². The van der Waals surface area contributed by atoms with E-state index < -0.39 is 17.9 Å². The Hall–Kier alpha value is -1.59. The number of unbranched alkanes of at least 4 members (excludes halogenated alkanes) is 3. The van der Waals surface area contributed by atoms with E-state index in [-0.39, 0.29) is 12.4 Å². The standard InChI is InChI=1S/C11H18O6/c1-8(12)17-7-5-3-2-4-6-9(10(13)14)11(15)16/h9H,2-7H2,1H3,(H,13,14)(H,15,16). The number of rotatable bonds is 9. The van der Waals surface area contributed by atoms with Crippen molar-refractivity contribution in [1.29, 1.82) is 0 Å². The topological polar surface area (TPSA) is 101 Å². The Morgan fingerprint density at radius 1 is 1.00 bits per heavy atom. The number of carboxylic acid groups (broad SMARTS) is 2. The fourth-order valence-corrected chi connectivity index (χ4v) is 1.37. The summed E-state index contributed by atoms with van der Waals surface area (Å²) in [5, 5.41) is 17.2. The average Bonchev–Trinajstić information content (AvgIpc) is 2.20. The van der Waals surface area contributed by atoms with Crippen molar-refractivity contribution < 1.29 is 29.3 Å². The second-order valence-corrected chi connectivity index (χ2v) is 3.77. The minimum atomic E-state index is -1.32. The number of carbonyl (C=O) groups excluding carboxylic acids is 1. The van der Waals surface area contributed by atoms with E-state index in [4.69, 9.17) is 14.9 Å². The first kappa shape index (κ1) is 15.4. The molecule has 2 N–H and O–H groups in total. The third-order valence-electron chi connectivity index (χ3n) is 2.29. The van der Waals surface area contributed by atoms with Gasteiger partial charge in [0.15, 0.2) is 5.92 Å². The maximum atomic E-state index is 10.5. The zero-order valence-corrected chi connectivity index (χ0v) is 9.85. The van der Waals surface area contributed by atoms with Gasteiger partial charge in [-0.1, -0.05) is 19.3 Å². The smallest absolute Gasteiger partial charge is 0.317 e. The quantitative estimate of drug-likeness (QED) is 0.361. The van der Waals surface area contributed by atoms with Gasteiger partial charge in [0, 0.05) is 6.92 Å². The third kappa shape index (κ3) is 8.24. The van der Waals surface area contributed by atoms with Crippen molar-refractivity contribution in [3.8, 4) is 0 Å². The summed E-state index contributed by atoms with van der Waals surface area (Å²) in [4.78, 5) is 31.5. The number of hydrogen-bond donors (Lipinski definition) is 2. The van der Waals surface area contributed by atoms with Gasteiger partial charge in [0.2, 0.25) is 0 Å². The highest BCUT2D eigenvalue weighted by molar-refractivity contribution is 5.92. The molecule has 6 nitrogen and oxygen atoms in total. The van der Waals surface area contributed by atoms with Crippen molar-refractivity contribution >= 4 is 17.9 Å². The molecule has 0 fully saturated rings. The summed E-state index contributed by atoms with van der Waals surface area (Å²) in [5.41, 5.74) is 0. The van der Waals surface area contributed by atoms with Crippen LogP contribution in [0.4, 0.5) is 0 Å². The lowest BCUT2D eigenvalue weighted by molar-refractivity contribution is -0.155. The Bertz CT molecular complexity index is 259. The molecule has 0 unspecified atom stereocenters. The zero-order chi connectivity index (χ0) is 13.3. The van der Waals surface area contributed by atoms with Crippen LogP contribution in [0.25, 0.3) is 0 Å². The number of aliphatic carboxylic acids is 2. The van der Waals surface area contributed by atoms with Crippen LogP contribution >= 0.6 is 0 Å². The molecule has 0 bridgehead atoms. The fraction of sp³-hybridized carbons (Fsp3) is 0.727. The largest absolute Gasteiger partial charge is 0.481 e. The molecule has 0 aliphatic rings. The number of esters is 1. The van der Waals surface area contributed by atoms with Gasteiger partial charge in [-0.2, -0.15) is 0 Å². The van der Waals surface area contributed by atoms with E-state index in [1.807, 2.05) is 0 Å². The fourth-order valence-electron chi connectivity index (χ4n) is 1.37. The zero-order valence-electron chi connectivity index (χ0n) is 9.85. The van der Waals surface area contributed by atoms with Crippen LogP contribution in [-0.4, -0.2) is 34.7 Å². The molecule has 0 aromatic heterocycles. The van der Waals surface area contributed by atoms with Gasteiger partial charge < -0.3 is 14.9 Å². The molecule has 6 heteroatoms. The van der Waals surface area contributed by atoms with Gasteiger partial charge in [-0.3, -0.25) is 14.4 Å². The molecule has 98 valence electrons. The van der Waals surface area contributed by atoms with Gasteiger partial charge in [-0.25, -0.2) is 0 Å². The second-order valence-electron chi connectivity index (χ2n) is 3.77. The summed E-state index contributed by atoms with van der Waals surface area (Å²) in [6.45, 7) is 1.70. The van der Waals surface area contributed by atoms with E-state index in [9.17, 15) is 14.4 Å². The van der Waals surface area contributed by atoms with Crippen LogP contribution in [0.3, 0.4) is 0 Å². The van der Waals surface area contributed by atoms with Crippen molar-refractivity contribution in [2.24, 2.45) is 5.92 Å². The Labute approximate surface area is 99.6 Å². The van der Waals surface area contributed by atoms with Gasteiger partial charge in [0.25, 0.3) is 0 Å². The molecule has 0 saturated carbocycles. The first-order chi connectivity index (χ1) is 7.95. The van der Waals surface area contributed by atoms with E-state index in [0.717, 1.165) is 12.8 Å². The van der Waals surface area contributed by atoms with E-state index in [0.29, 0.717) is 19.4 Å². The van der Waals surface area contributed by atoms with Crippen molar-refractivity contribution in [3.05, 3.63) is 0 Å². The van der Waals surface area contributed by atoms with Crippen molar-refractivity contribution in [1.82, 2.24) is 0 Å². The molecule has 0 radical (unpaired) electrons. The van der Waals surface area contributed by atoms with Crippen molar-refractivity contribution in [2.45, 2.75) is 39.0 Å². The van der Waals surface area contributed by atoms with Gasteiger partial charge >= 0.3 is 17.9 Å². The van der Waals surface area contributed by atoms with Crippen LogP contribution in [0.5, 0.6) is 0 Å². The summed E-state index contributed by atoms with van der Waals surface area (Å²) >= 11 is 0. The van der Waals surface area contributed by atoms with E-state index in [1.165, 1.54) is 6.92 Å². The van der Waals surface area contributed by atoms with E-state index in [1.54, 1.807) is 0 Å². The van der Waals surface area contributed by atoms with Crippen LogP contribution in [0.1, 0.15) is 39.0 Å². The summed E-state index contributed by atoms with van der Waals surface area (Å²) in [7, 11) is 0. The van der Waals surface area contributed by atoms with Gasteiger partial charge in [0.1, 0.15) is 0 Å². The first-order valence-corrected chi connectivity index (χ1v) is 5.54. The normalized spacial score (nSPS) is 10.2. The molecular formula is C11H18O6. The Morgan fingerprint density at radius 2 is 1.53 bits per heavy atom. The van der Waals surface area contributed by atoms with E-state index >= 15 is 0 Å². The molecule has 0 aliphatic carbocycles. The van der Waals surface area contributed by atoms with Crippen molar-refractivity contribution in [3.63, 3.8) is 0 Å². The predicted molar refractivity (Wildman–Crippen MR) is 58.5 cm³/mol. The molecule has 0 aromatic carbocycles. The van der Waals surface area contributed by atoms with Crippen LogP contribution in [0.15, 0.2) is 0 Å². The molecule has 0 atom stereocenters. The minimum Gasteiger partial charge on any atom is -0.481 e. The summed E-state index contributed by atoms with van der Waals surface area (Å²) in [6, 6.07) is 0. The van der Waals surface area contributed by atoms with Crippen LogP contribution in [0.2, 0.25) is 0 Å². The van der Waals surface area contributed by atoms with Crippen LogP contribution in [-0.2, 0) is 19.1 Å². The molecule has 0 amide bonds. The second kappa shape index (κ2) is 8.55. The predicted octanol–water partition coefficient (Wildman–Crippen LogP) is 1.29. The number of carbonyl (C=O) groups is 3. The highest BCUT2D eigenvalue weighted by atomic mass is 16.5. The molecule has 0 aromatic rings. The van der Waals surface area contributed by atoms with Gasteiger partial charge in [-0.15, -0.1) is 0 Å². The lowest BCUT2D eigenvalue weighted by Crippen LogP contribution is -2.23. The summed E-state index contributed by atoms with van der Waals surface area (Å²) in [6.07, 6.45) is 2.92. The lowest BCUT2D eigenvalue weighted by atomic mass is 10.0. The lowest BCUT2D eigenvalue weighted by Gasteiger charge is -2.06.